The highest BCUT2D eigenvalue weighted by molar-refractivity contribution is 5.92. The molecule has 2 amide bonds. The van der Waals surface area contributed by atoms with Crippen LogP contribution in [0.2, 0.25) is 0 Å². The van der Waals surface area contributed by atoms with Crippen LogP contribution in [0, 0.1) is 0 Å². The number of benzene rings is 2. The summed E-state index contributed by atoms with van der Waals surface area (Å²) in [6.07, 6.45) is -12.1. The first-order valence-corrected chi connectivity index (χ1v) is 9.03. The van der Waals surface area contributed by atoms with E-state index in [2.05, 4.69) is 5.32 Å². The van der Waals surface area contributed by atoms with Crippen LogP contribution in [0.5, 0.6) is 11.5 Å². The van der Waals surface area contributed by atoms with E-state index >= 15 is 0 Å². The SMILES string of the molecule is CCC(=O)Nc1cc(C(c2ccc(O)c(NC(C)=O)c2)(C(F)(F)F)C(F)(F)F)ccc1O. The van der Waals surface area contributed by atoms with Crippen molar-refractivity contribution >= 4 is 23.2 Å². The second kappa shape index (κ2) is 8.60. The van der Waals surface area contributed by atoms with Crippen LogP contribution in [0.4, 0.5) is 37.7 Å². The summed E-state index contributed by atoms with van der Waals surface area (Å²) in [4.78, 5) is 22.9. The van der Waals surface area contributed by atoms with E-state index in [4.69, 9.17) is 0 Å². The minimum atomic E-state index is -5.96. The molecule has 2 rings (SSSR count). The number of carbonyl (C=O) groups is 2. The smallest absolute Gasteiger partial charge is 0.411 e. The molecule has 0 fully saturated rings. The lowest BCUT2D eigenvalue weighted by atomic mass is 9.72. The first kappa shape index (κ1) is 24.8. The van der Waals surface area contributed by atoms with Gasteiger partial charge in [0.2, 0.25) is 17.2 Å². The number of alkyl halides is 6. The highest BCUT2D eigenvalue weighted by Crippen LogP contribution is 2.57. The molecule has 0 aromatic heterocycles. The number of anilines is 2. The molecule has 2 aromatic rings. The lowest BCUT2D eigenvalue weighted by Gasteiger charge is -2.38. The second-order valence-electron chi connectivity index (χ2n) is 6.79. The summed E-state index contributed by atoms with van der Waals surface area (Å²) in [6.45, 7) is 2.35. The van der Waals surface area contributed by atoms with Crippen LogP contribution in [0.25, 0.3) is 0 Å². The molecule has 0 saturated heterocycles. The first-order chi connectivity index (χ1) is 14.6. The van der Waals surface area contributed by atoms with Gasteiger partial charge in [0.1, 0.15) is 11.5 Å². The summed E-state index contributed by atoms with van der Waals surface area (Å²) in [5.41, 5.74) is -8.63. The summed E-state index contributed by atoms with van der Waals surface area (Å²) in [6, 6.07) is 2.81. The van der Waals surface area contributed by atoms with Crippen molar-refractivity contribution in [2.45, 2.75) is 38.0 Å². The molecule has 0 saturated carbocycles. The van der Waals surface area contributed by atoms with Gasteiger partial charge in [0.05, 0.1) is 11.4 Å². The van der Waals surface area contributed by atoms with Gasteiger partial charge in [-0.25, -0.2) is 0 Å². The summed E-state index contributed by atoms with van der Waals surface area (Å²) in [5.74, 6) is -3.07. The third-order valence-corrected chi connectivity index (χ3v) is 4.62. The fourth-order valence-corrected chi connectivity index (χ4v) is 3.15. The normalized spacial score (nSPS) is 12.4. The van der Waals surface area contributed by atoms with E-state index in [1.807, 2.05) is 5.32 Å². The monoisotopic (exact) mass is 464 g/mol. The molecule has 0 bridgehead atoms. The van der Waals surface area contributed by atoms with Crippen molar-refractivity contribution in [3.8, 4) is 11.5 Å². The summed E-state index contributed by atoms with van der Waals surface area (Å²) < 4.78 is 85.7. The number of hydrogen-bond donors (Lipinski definition) is 4. The van der Waals surface area contributed by atoms with Crippen LogP contribution in [0.15, 0.2) is 36.4 Å². The van der Waals surface area contributed by atoms with Crippen LogP contribution >= 0.6 is 0 Å². The van der Waals surface area contributed by atoms with Crippen molar-refractivity contribution < 1.29 is 46.1 Å². The topological polar surface area (TPSA) is 98.7 Å². The Hall–Kier alpha value is -3.44. The maximum absolute atomic E-state index is 14.3. The molecule has 0 radical (unpaired) electrons. The van der Waals surface area contributed by atoms with Gasteiger partial charge in [-0.05, 0) is 35.4 Å². The lowest BCUT2D eigenvalue weighted by molar-refractivity contribution is -0.288. The predicted octanol–water partition coefficient (Wildman–Crippen LogP) is 4.82. The number of nitrogens with one attached hydrogen (secondary N) is 2. The van der Waals surface area contributed by atoms with E-state index in [1.165, 1.54) is 6.92 Å². The molecular weight excluding hydrogens is 446 g/mol. The number of amides is 2. The minimum Gasteiger partial charge on any atom is -0.506 e. The fraction of sp³-hybridized carbons (Fsp3) is 0.300. The van der Waals surface area contributed by atoms with Gasteiger partial charge in [0, 0.05) is 13.3 Å². The van der Waals surface area contributed by atoms with Crippen molar-refractivity contribution in [1.29, 1.82) is 0 Å². The summed E-state index contributed by atoms with van der Waals surface area (Å²) in [7, 11) is 0. The van der Waals surface area contributed by atoms with Crippen molar-refractivity contribution in [2.75, 3.05) is 10.6 Å². The average Bonchev–Trinajstić information content (AvgIpc) is 2.64. The Labute approximate surface area is 177 Å². The molecule has 0 aliphatic rings. The van der Waals surface area contributed by atoms with Crippen molar-refractivity contribution in [1.82, 2.24) is 0 Å². The zero-order chi connectivity index (χ0) is 24.5. The number of phenols is 2. The van der Waals surface area contributed by atoms with E-state index in [0.29, 0.717) is 36.4 Å². The van der Waals surface area contributed by atoms with Crippen molar-refractivity contribution in [3.63, 3.8) is 0 Å². The lowest BCUT2D eigenvalue weighted by Crippen LogP contribution is -2.54. The quantitative estimate of drug-likeness (QED) is 0.377. The Morgan fingerprint density at radius 1 is 0.812 bits per heavy atom. The molecule has 4 N–H and O–H groups in total. The van der Waals surface area contributed by atoms with Gasteiger partial charge in [-0.1, -0.05) is 19.1 Å². The van der Waals surface area contributed by atoms with Crippen molar-refractivity contribution in [2.24, 2.45) is 0 Å². The largest absolute Gasteiger partial charge is 0.506 e. The van der Waals surface area contributed by atoms with E-state index in [0.717, 1.165) is 6.92 Å². The van der Waals surface area contributed by atoms with Crippen molar-refractivity contribution in [3.05, 3.63) is 47.5 Å². The summed E-state index contributed by atoms with van der Waals surface area (Å²) in [5, 5.41) is 23.6. The summed E-state index contributed by atoms with van der Waals surface area (Å²) >= 11 is 0. The molecule has 32 heavy (non-hydrogen) atoms. The third kappa shape index (κ3) is 4.43. The van der Waals surface area contributed by atoms with Gasteiger partial charge < -0.3 is 20.8 Å². The molecule has 0 unspecified atom stereocenters. The Morgan fingerprint density at radius 2 is 1.22 bits per heavy atom. The Bertz CT molecular complexity index is 1020. The maximum Gasteiger partial charge on any atom is 0.411 e. The number of phenolic OH excluding ortho intramolecular Hbond substituents is 2. The standard InChI is InChI=1S/C20H18F6N2O4/c1-3-17(32)28-14-9-12(5-7-16(14)31)18(19(21,22)23,20(24,25)26)11-4-6-15(30)13(8-11)27-10(2)29/h4-9,30-31H,3H2,1-2H3,(H,27,29)(H,28,32). The van der Waals surface area contributed by atoms with Gasteiger partial charge in [0.25, 0.3) is 0 Å². The highest BCUT2D eigenvalue weighted by atomic mass is 19.4. The Balaban J connectivity index is 2.91. The van der Waals surface area contributed by atoms with E-state index in [-0.39, 0.29) is 6.42 Å². The Morgan fingerprint density at radius 3 is 1.56 bits per heavy atom. The van der Waals surface area contributed by atoms with Gasteiger partial charge >= 0.3 is 12.4 Å². The average molecular weight is 464 g/mol. The van der Waals surface area contributed by atoms with Crippen LogP contribution in [0.3, 0.4) is 0 Å². The molecule has 0 spiro atoms. The van der Waals surface area contributed by atoms with Gasteiger partial charge in [-0.15, -0.1) is 0 Å². The van der Waals surface area contributed by atoms with Crippen LogP contribution in [0.1, 0.15) is 31.4 Å². The molecule has 6 nitrogen and oxygen atoms in total. The predicted molar refractivity (Wildman–Crippen MR) is 102 cm³/mol. The molecule has 0 heterocycles. The molecule has 0 aliphatic carbocycles. The molecule has 174 valence electrons. The molecule has 2 aromatic carbocycles. The highest BCUT2D eigenvalue weighted by Gasteiger charge is 2.72. The molecule has 12 heteroatoms. The van der Waals surface area contributed by atoms with Gasteiger partial charge in [-0.3, -0.25) is 9.59 Å². The molecule has 0 aliphatic heterocycles. The van der Waals surface area contributed by atoms with Crippen LogP contribution in [-0.4, -0.2) is 34.4 Å². The minimum absolute atomic E-state index is 0.147. The maximum atomic E-state index is 14.3. The number of hydrogen-bond acceptors (Lipinski definition) is 4. The second-order valence-corrected chi connectivity index (χ2v) is 6.79. The Kier molecular flexibility index (Phi) is 6.67. The zero-order valence-electron chi connectivity index (χ0n) is 16.6. The number of aromatic hydroxyl groups is 2. The van der Waals surface area contributed by atoms with Crippen LogP contribution < -0.4 is 10.6 Å². The van der Waals surface area contributed by atoms with Crippen LogP contribution in [-0.2, 0) is 15.0 Å². The van der Waals surface area contributed by atoms with Gasteiger partial charge in [0.15, 0.2) is 0 Å². The number of carbonyl (C=O) groups excluding carboxylic acids is 2. The van der Waals surface area contributed by atoms with Gasteiger partial charge in [-0.2, -0.15) is 26.3 Å². The molecular formula is C20H18F6N2O4. The first-order valence-electron chi connectivity index (χ1n) is 9.03. The van der Waals surface area contributed by atoms with E-state index < -0.39 is 63.6 Å². The zero-order valence-corrected chi connectivity index (χ0v) is 16.6. The fourth-order valence-electron chi connectivity index (χ4n) is 3.15. The number of rotatable bonds is 5. The van der Waals surface area contributed by atoms with E-state index in [1.54, 1.807) is 0 Å². The number of halogens is 6. The van der Waals surface area contributed by atoms with E-state index in [9.17, 15) is 46.1 Å². The molecule has 0 atom stereocenters. The third-order valence-electron chi connectivity index (χ3n) is 4.62.